The van der Waals surface area contributed by atoms with E-state index in [0.29, 0.717) is 0 Å². The summed E-state index contributed by atoms with van der Waals surface area (Å²) in [5.74, 6) is 0. The van der Waals surface area contributed by atoms with Crippen LogP contribution >= 0.6 is 11.3 Å². The lowest BCUT2D eigenvalue weighted by molar-refractivity contribution is 0.591. The molecule has 2 aromatic rings. The highest BCUT2D eigenvalue weighted by Crippen LogP contribution is 2.28. The summed E-state index contributed by atoms with van der Waals surface area (Å²) in [4.78, 5) is 4.45. The maximum Gasteiger partial charge on any atom is 0.0907 e. The number of aromatic nitrogens is 1. The van der Waals surface area contributed by atoms with Gasteiger partial charge in [0, 0.05) is 0 Å². The van der Waals surface area contributed by atoms with Crippen LogP contribution in [0.2, 0.25) is 0 Å². The van der Waals surface area contributed by atoms with Crippen molar-refractivity contribution in [1.29, 1.82) is 0 Å². The van der Waals surface area contributed by atoms with Crippen molar-refractivity contribution in [2.24, 2.45) is 0 Å². The number of hydrogen-bond acceptors (Lipinski definition) is 2. The minimum Gasteiger partial charge on any atom is -0.242 e. The van der Waals surface area contributed by atoms with Gasteiger partial charge in [0.25, 0.3) is 0 Å². The Hall–Kier alpha value is -0.890. The van der Waals surface area contributed by atoms with Gasteiger partial charge >= 0.3 is 0 Å². The van der Waals surface area contributed by atoms with Gasteiger partial charge in [-0.1, -0.05) is 26.8 Å². The monoisotopic (exact) mass is 205 g/mol. The van der Waals surface area contributed by atoms with Crippen LogP contribution < -0.4 is 0 Å². The summed E-state index contributed by atoms with van der Waals surface area (Å²) in [6.07, 6.45) is 0. The summed E-state index contributed by atoms with van der Waals surface area (Å²) in [6.45, 7) is 8.77. The largest absolute Gasteiger partial charge is 0.242 e. The van der Waals surface area contributed by atoms with Crippen LogP contribution in [-0.2, 0) is 5.41 Å². The van der Waals surface area contributed by atoms with Crippen molar-refractivity contribution >= 4 is 21.6 Å². The van der Waals surface area contributed by atoms with Crippen LogP contribution in [0.1, 0.15) is 31.3 Å². The molecular weight excluding hydrogens is 190 g/mol. The Morgan fingerprint density at radius 2 is 1.93 bits per heavy atom. The molecule has 1 heterocycles. The number of aryl methyl sites for hydroxylation is 1. The molecule has 0 spiro atoms. The third-order valence-corrected chi connectivity index (χ3v) is 3.29. The topological polar surface area (TPSA) is 12.9 Å². The molecule has 0 fully saturated rings. The van der Waals surface area contributed by atoms with E-state index in [1.165, 1.54) is 10.3 Å². The van der Waals surface area contributed by atoms with Crippen LogP contribution in [0.25, 0.3) is 10.2 Å². The summed E-state index contributed by atoms with van der Waals surface area (Å²) >= 11 is 1.77. The summed E-state index contributed by atoms with van der Waals surface area (Å²) < 4.78 is 1.30. The maximum atomic E-state index is 4.45. The molecule has 2 heteroatoms. The molecular formula is C12H15NS. The van der Waals surface area contributed by atoms with E-state index in [0.717, 1.165) is 10.5 Å². The molecule has 0 N–H and O–H groups in total. The molecule has 0 amide bonds. The van der Waals surface area contributed by atoms with E-state index in [1.54, 1.807) is 11.3 Å². The van der Waals surface area contributed by atoms with Crippen LogP contribution in [-0.4, -0.2) is 4.98 Å². The highest BCUT2D eigenvalue weighted by atomic mass is 32.1. The highest BCUT2D eigenvalue weighted by Gasteiger charge is 2.14. The van der Waals surface area contributed by atoms with Crippen molar-refractivity contribution in [2.75, 3.05) is 0 Å². The van der Waals surface area contributed by atoms with Gasteiger partial charge in [0.15, 0.2) is 0 Å². The fourth-order valence-electron chi connectivity index (χ4n) is 1.51. The van der Waals surface area contributed by atoms with E-state index in [1.807, 2.05) is 0 Å². The van der Waals surface area contributed by atoms with Gasteiger partial charge in [0.1, 0.15) is 0 Å². The molecule has 14 heavy (non-hydrogen) atoms. The molecule has 1 nitrogen and oxygen atoms in total. The van der Waals surface area contributed by atoms with Gasteiger partial charge in [-0.25, -0.2) is 4.98 Å². The molecule has 0 aliphatic rings. The van der Waals surface area contributed by atoms with E-state index >= 15 is 0 Å². The van der Waals surface area contributed by atoms with Crippen LogP contribution in [0.4, 0.5) is 0 Å². The lowest BCUT2D eigenvalue weighted by atomic mass is 9.87. The Labute approximate surface area is 88.8 Å². The second-order valence-electron chi connectivity index (χ2n) is 4.67. The van der Waals surface area contributed by atoms with Crippen molar-refractivity contribution in [1.82, 2.24) is 4.98 Å². The summed E-state index contributed by atoms with van der Waals surface area (Å²) in [5.41, 5.74) is 2.74. The van der Waals surface area contributed by atoms with E-state index in [-0.39, 0.29) is 5.41 Å². The Balaban J connectivity index is 2.62. The maximum absolute atomic E-state index is 4.45. The standard InChI is InChI=1S/C12H15NS/c1-8-13-10-6-5-9(12(2,3)4)7-11(10)14-8/h5-7H,1-4H3. The lowest BCUT2D eigenvalue weighted by Gasteiger charge is -2.18. The summed E-state index contributed by atoms with van der Waals surface area (Å²) in [5, 5.41) is 1.14. The lowest BCUT2D eigenvalue weighted by Crippen LogP contribution is -2.10. The fraction of sp³-hybridized carbons (Fsp3) is 0.417. The zero-order valence-electron chi connectivity index (χ0n) is 9.09. The molecule has 0 bridgehead atoms. The number of thiazole rings is 1. The van der Waals surface area contributed by atoms with E-state index in [9.17, 15) is 0 Å². The average molecular weight is 205 g/mol. The SMILES string of the molecule is Cc1nc2ccc(C(C)(C)C)cc2s1. The average Bonchev–Trinajstić information content (AvgIpc) is 2.41. The third-order valence-electron chi connectivity index (χ3n) is 2.36. The quantitative estimate of drug-likeness (QED) is 0.635. The molecule has 0 aliphatic heterocycles. The summed E-state index contributed by atoms with van der Waals surface area (Å²) in [6, 6.07) is 6.57. The fourth-order valence-corrected chi connectivity index (χ4v) is 2.37. The first-order chi connectivity index (χ1) is 6.47. The molecule has 0 aliphatic carbocycles. The molecule has 0 saturated heterocycles. The van der Waals surface area contributed by atoms with Crippen LogP contribution in [0.3, 0.4) is 0 Å². The van der Waals surface area contributed by atoms with Crippen LogP contribution in [0, 0.1) is 6.92 Å². The molecule has 0 unspecified atom stereocenters. The van der Waals surface area contributed by atoms with E-state index in [4.69, 9.17) is 0 Å². The molecule has 2 rings (SSSR count). The van der Waals surface area contributed by atoms with Crippen molar-refractivity contribution in [3.05, 3.63) is 28.8 Å². The molecule has 0 radical (unpaired) electrons. The van der Waals surface area contributed by atoms with Crippen molar-refractivity contribution < 1.29 is 0 Å². The number of nitrogens with zero attached hydrogens (tertiary/aromatic N) is 1. The van der Waals surface area contributed by atoms with Gasteiger partial charge < -0.3 is 0 Å². The third kappa shape index (κ3) is 1.67. The van der Waals surface area contributed by atoms with Crippen LogP contribution in [0.5, 0.6) is 0 Å². The Bertz CT molecular complexity index is 463. The summed E-state index contributed by atoms with van der Waals surface area (Å²) in [7, 11) is 0. The van der Waals surface area contributed by atoms with E-state index in [2.05, 4.69) is 50.9 Å². The van der Waals surface area contributed by atoms with Gasteiger partial charge in [-0.15, -0.1) is 11.3 Å². The number of rotatable bonds is 0. The van der Waals surface area contributed by atoms with Gasteiger partial charge in [0.2, 0.25) is 0 Å². The predicted molar refractivity (Wildman–Crippen MR) is 63.1 cm³/mol. The number of hydrogen-bond donors (Lipinski definition) is 0. The predicted octanol–water partition coefficient (Wildman–Crippen LogP) is 3.90. The Morgan fingerprint density at radius 3 is 2.57 bits per heavy atom. The molecule has 74 valence electrons. The van der Waals surface area contributed by atoms with Gasteiger partial charge in [-0.3, -0.25) is 0 Å². The molecule has 0 saturated carbocycles. The van der Waals surface area contributed by atoms with Gasteiger partial charge in [0.05, 0.1) is 15.2 Å². The first-order valence-electron chi connectivity index (χ1n) is 4.84. The molecule has 1 aromatic heterocycles. The molecule has 0 atom stereocenters. The minimum atomic E-state index is 0.228. The zero-order valence-corrected chi connectivity index (χ0v) is 9.90. The van der Waals surface area contributed by atoms with Gasteiger partial charge in [-0.05, 0) is 30.0 Å². The normalized spacial score (nSPS) is 12.3. The first-order valence-corrected chi connectivity index (χ1v) is 5.66. The van der Waals surface area contributed by atoms with Crippen molar-refractivity contribution in [2.45, 2.75) is 33.1 Å². The van der Waals surface area contributed by atoms with Gasteiger partial charge in [-0.2, -0.15) is 0 Å². The Kier molecular flexibility index (Phi) is 2.11. The smallest absolute Gasteiger partial charge is 0.0907 e. The van der Waals surface area contributed by atoms with E-state index < -0.39 is 0 Å². The van der Waals surface area contributed by atoms with Crippen LogP contribution in [0.15, 0.2) is 18.2 Å². The minimum absolute atomic E-state index is 0.228. The van der Waals surface area contributed by atoms with Crippen molar-refractivity contribution in [3.63, 3.8) is 0 Å². The number of benzene rings is 1. The zero-order chi connectivity index (χ0) is 10.3. The first kappa shape index (κ1) is 9.66. The Morgan fingerprint density at radius 1 is 1.21 bits per heavy atom. The number of fused-ring (bicyclic) bond motifs is 1. The highest BCUT2D eigenvalue weighted by molar-refractivity contribution is 7.18. The second kappa shape index (κ2) is 3.06. The molecule has 1 aromatic carbocycles. The second-order valence-corrected chi connectivity index (χ2v) is 5.90. The van der Waals surface area contributed by atoms with Crippen molar-refractivity contribution in [3.8, 4) is 0 Å².